The van der Waals surface area contributed by atoms with E-state index in [0.29, 0.717) is 5.84 Å². The van der Waals surface area contributed by atoms with Crippen molar-refractivity contribution in [3.63, 3.8) is 0 Å². The number of piperidine rings is 1. The first-order valence-corrected chi connectivity index (χ1v) is 5.54. The van der Waals surface area contributed by atoms with Crippen molar-refractivity contribution in [2.45, 2.75) is 26.2 Å². The third-order valence-electron chi connectivity index (χ3n) is 2.83. The van der Waals surface area contributed by atoms with E-state index >= 15 is 0 Å². The molecule has 1 aromatic heterocycles. The minimum atomic E-state index is 0.582. The fourth-order valence-corrected chi connectivity index (χ4v) is 1.95. The average molecular weight is 203 g/mol. The van der Waals surface area contributed by atoms with Crippen molar-refractivity contribution in [3.05, 3.63) is 29.6 Å². The molecule has 0 radical (unpaired) electrons. The Labute approximate surface area is 90.6 Å². The molecule has 0 aliphatic carbocycles. The normalized spacial score (nSPS) is 16.5. The summed E-state index contributed by atoms with van der Waals surface area (Å²) < 4.78 is 0. The van der Waals surface area contributed by atoms with E-state index in [1.807, 2.05) is 19.1 Å². The Bertz CT molecular complexity index is 354. The van der Waals surface area contributed by atoms with Gasteiger partial charge in [-0.3, -0.25) is 10.4 Å². The van der Waals surface area contributed by atoms with Crippen LogP contribution in [0.3, 0.4) is 0 Å². The topological polar surface area (TPSA) is 40.0 Å². The number of likely N-dealkylation sites (tertiary alicyclic amines) is 1. The van der Waals surface area contributed by atoms with Crippen LogP contribution >= 0.6 is 0 Å². The molecule has 0 atom stereocenters. The van der Waals surface area contributed by atoms with Gasteiger partial charge in [-0.15, -0.1) is 0 Å². The summed E-state index contributed by atoms with van der Waals surface area (Å²) in [5, 5.41) is 8.08. The summed E-state index contributed by atoms with van der Waals surface area (Å²) in [6.45, 7) is 4.05. The van der Waals surface area contributed by atoms with Crippen molar-refractivity contribution >= 4 is 5.84 Å². The number of aryl methyl sites for hydroxylation is 1. The van der Waals surface area contributed by atoms with Crippen molar-refractivity contribution in [3.8, 4) is 0 Å². The van der Waals surface area contributed by atoms with Crippen molar-refractivity contribution < 1.29 is 0 Å². The van der Waals surface area contributed by atoms with Gasteiger partial charge < -0.3 is 4.90 Å². The Hall–Kier alpha value is -1.38. The van der Waals surface area contributed by atoms with Gasteiger partial charge in [0.1, 0.15) is 11.5 Å². The Morgan fingerprint density at radius 3 is 2.73 bits per heavy atom. The number of aromatic nitrogens is 1. The first-order chi connectivity index (χ1) is 7.27. The van der Waals surface area contributed by atoms with E-state index in [1.54, 1.807) is 6.20 Å². The van der Waals surface area contributed by atoms with Gasteiger partial charge in [0.15, 0.2) is 0 Å². The van der Waals surface area contributed by atoms with Crippen LogP contribution in [0.5, 0.6) is 0 Å². The van der Waals surface area contributed by atoms with E-state index in [9.17, 15) is 0 Å². The van der Waals surface area contributed by atoms with Crippen LogP contribution in [-0.2, 0) is 0 Å². The highest BCUT2D eigenvalue weighted by molar-refractivity contribution is 5.94. The lowest BCUT2D eigenvalue weighted by molar-refractivity contribution is 0.340. The maximum absolute atomic E-state index is 8.08. The van der Waals surface area contributed by atoms with Crippen LogP contribution in [-0.4, -0.2) is 28.8 Å². The van der Waals surface area contributed by atoms with Gasteiger partial charge in [-0.25, -0.2) is 0 Å². The van der Waals surface area contributed by atoms with E-state index in [4.69, 9.17) is 5.41 Å². The largest absolute Gasteiger partial charge is 0.355 e. The second-order valence-corrected chi connectivity index (χ2v) is 4.11. The number of pyridine rings is 1. The molecule has 0 aromatic carbocycles. The molecular weight excluding hydrogens is 186 g/mol. The van der Waals surface area contributed by atoms with Gasteiger partial charge in [0.05, 0.1) is 0 Å². The molecule has 2 rings (SSSR count). The zero-order valence-corrected chi connectivity index (χ0v) is 9.16. The molecule has 0 unspecified atom stereocenters. The van der Waals surface area contributed by atoms with Gasteiger partial charge in [-0.05, 0) is 43.9 Å². The molecule has 3 heteroatoms. The predicted octanol–water partition coefficient (Wildman–Crippen LogP) is 2.20. The molecule has 80 valence electrons. The molecule has 1 saturated heterocycles. The summed E-state index contributed by atoms with van der Waals surface area (Å²) in [6, 6.07) is 3.95. The minimum absolute atomic E-state index is 0.582. The van der Waals surface area contributed by atoms with Crippen LogP contribution in [0, 0.1) is 12.3 Å². The molecule has 1 aromatic rings. The molecule has 0 saturated carbocycles. The lowest BCUT2D eigenvalue weighted by Crippen LogP contribution is -2.36. The Morgan fingerprint density at radius 2 is 2.07 bits per heavy atom. The van der Waals surface area contributed by atoms with E-state index in [2.05, 4.69) is 9.88 Å². The molecule has 0 bridgehead atoms. The van der Waals surface area contributed by atoms with Crippen LogP contribution < -0.4 is 0 Å². The van der Waals surface area contributed by atoms with Gasteiger partial charge in [0.2, 0.25) is 0 Å². The second-order valence-electron chi connectivity index (χ2n) is 4.11. The lowest BCUT2D eigenvalue weighted by Gasteiger charge is -2.28. The first kappa shape index (κ1) is 10.1. The summed E-state index contributed by atoms with van der Waals surface area (Å²) in [4.78, 5) is 6.38. The Kier molecular flexibility index (Phi) is 2.99. The maximum atomic E-state index is 8.08. The predicted molar refractivity (Wildman–Crippen MR) is 61.2 cm³/mol. The zero-order chi connectivity index (χ0) is 10.7. The fraction of sp³-hybridized carbons (Fsp3) is 0.500. The lowest BCUT2D eigenvalue weighted by atomic mass is 10.1. The third-order valence-corrected chi connectivity index (χ3v) is 2.83. The molecule has 1 fully saturated rings. The summed E-state index contributed by atoms with van der Waals surface area (Å²) in [5.74, 6) is 0.582. The van der Waals surface area contributed by atoms with Crippen LogP contribution in [0.25, 0.3) is 0 Å². The number of rotatable bonds is 1. The molecule has 1 aliphatic heterocycles. The van der Waals surface area contributed by atoms with Gasteiger partial charge in [-0.1, -0.05) is 0 Å². The molecule has 3 nitrogen and oxygen atoms in total. The number of nitrogens with one attached hydrogen (secondary N) is 1. The average Bonchev–Trinajstić information content (AvgIpc) is 2.29. The smallest absolute Gasteiger partial charge is 0.147 e. The quantitative estimate of drug-likeness (QED) is 0.561. The maximum Gasteiger partial charge on any atom is 0.147 e. The van der Waals surface area contributed by atoms with E-state index in [1.165, 1.54) is 24.8 Å². The van der Waals surface area contributed by atoms with Gasteiger partial charge >= 0.3 is 0 Å². The number of hydrogen-bond donors (Lipinski definition) is 1. The van der Waals surface area contributed by atoms with Gasteiger partial charge in [0.25, 0.3) is 0 Å². The first-order valence-electron chi connectivity index (χ1n) is 5.54. The molecule has 15 heavy (non-hydrogen) atoms. The van der Waals surface area contributed by atoms with Crippen LogP contribution in [0.4, 0.5) is 0 Å². The van der Waals surface area contributed by atoms with Gasteiger partial charge in [-0.2, -0.15) is 0 Å². The summed E-state index contributed by atoms with van der Waals surface area (Å²) in [7, 11) is 0. The highest BCUT2D eigenvalue weighted by Gasteiger charge is 2.15. The van der Waals surface area contributed by atoms with Crippen LogP contribution in [0.15, 0.2) is 18.3 Å². The van der Waals surface area contributed by atoms with E-state index < -0.39 is 0 Å². The van der Waals surface area contributed by atoms with Crippen molar-refractivity contribution in [1.29, 1.82) is 5.41 Å². The highest BCUT2D eigenvalue weighted by atomic mass is 15.2. The molecular formula is C12H17N3. The summed E-state index contributed by atoms with van der Waals surface area (Å²) in [5.41, 5.74) is 1.97. The van der Waals surface area contributed by atoms with Crippen molar-refractivity contribution in [2.24, 2.45) is 0 Å². The van der Waals surface area contributed by atoms with E-state index in [-0.39, 0.29) is 0 Å². The SMILES string of the molecule is Cc1ccnc(C(=N)N2CCCCC2)c1. The van der Waals surface area contributed by atoms with E-state index in [0.717, 1.165) is 18.8 Å². The standard InChI is InChI=1S/C12H17N3/c1-10-5-6-14-11(9-10)12(13)15-7-3-2-4-8-15/h5-6,9,13H,2-4,7-8H2,1H3. The summed E-state index contributed by atoms with van der Waals surface area (Å²) in [6.07, 6.45) is 5.48. The Balaban J connectivity index is 2.12. The Morgan fingerprint density at radius 1 is 1.33 bits per heavy atom. The van der Waals surface area contributed by atoms with Crippen molar-refractivity contribution in [1.82, 2.24) is 9.88 Å². The van der Waals surface area contributed by atoms with Gasteiger partial charge in [0, 0.05) is 19.3 Å². The molecule has 0 spiro atoms. The summed E-state index contributed by atoms with van der Waals surface area (Å²) >= 11 is 0. The second kappa shape index (κ2) is 4.43. The number of hydrogen-bond acceptors (Lipinski definition) is 2. The molecule has 2 heterocycles. The zero-order valence-electron chi connectivity index (χ0n) is 9.16. The molecule has 1 aliphatic rings. The molecule has 1 N–H and O–H groups in total. The van der Waals surface area contributed by atoms with Crippen LogP contribution in [0.2, 0.25) is 0 Å². The van der Waals surface area contributed by atoms with Crippen molar-refractivity contribution in [2.75, 3.05) is 13.1 Å². The third kappa shape index (κ3) is 2.35. The fourth-order valence-electron chi connectivity index (χ4n) is 1.95. The molecule has 0 amide bonds. The highest BCUT2D eigenvalue weighted by Crippen LogP contribution is 2.12. The van der Waals surface area contributed by atoms with Crippen LogP contribution in [0.1, 0.15) is 30.5 Å². The minimum Gasteiger partial charge on any atom is -0.355 e. The number of nitrogens with zero attached hydrogens (tertiary/aromatic N) is 2. The monoisotopic (exact) mass is 203 g/mol. The number of amidine groups is 1.